The lowest BCUT2D eigenvalue weighted by molar-refractivity contribution is 0.422. The molecule has 0 fully saturated rings. The van der Waals surface area contributed by atoms with Gasteiger partial charge in [-0.1, -0.05) is 11.6 Å². The normalized spacial score (nSPS) is 12.0. The second-order valence-electron chi connectivity index (χ2n) is 4.88. The van der Waals surface area contributed by atoms with Crippen molar-refractivity contribution in [3.05, 3.63) is 21.3 Å². The van der Waals surface area contributed by atoms with Gasteiger partial charge in [0, 0.05) is 30.1 Å². The molecule has 2 N–H and O–H groups in total. The number of halogens is 1. The van der Waals surface area contributed by atoms with Crippen LogP contribution in [0, 0.1) is 0 Å². The highest BCUT2D eigenvalue weighted by Crippen LogP contribution is 2.21. The molecule has 0 aliphatic rings. The maximum Gasteiger partial charge on any atom is 0.0931 e. The zero-order valence-electron chi connectivity index (χ0n) is 10.3. The Bertz CT molecular complexity index is 304. The fraction of sp³-hybridized carbons (Fsp3) is 0.667. The van der Waals surface area contributed by atoms with E-state index in [9.17, 15) is 0 Å². The topological polar surface area (TPSA) is 24.1 Å². The first-order valence-corrected chi connectivity index (χ1v) is 6.87. The first-order valence-electron chi connectivity index (χ1n) is 5.67. The molecule has 0 atom stereocenters. The van der Waals surface area contributed by atoms with Crippen molar-refractivity contribution in [2.24, 2.45) is 0 Å². The minimum Gasteiger partial charge on any atom is -0.315 e. The maximum absolute atomic E-state index is 5.86. The van der Waals surface area contributed by atoms with E-state index in [1.54, 1.807) is 11.3 Å². The third kappa shape index (κ3) is 6.48. The van der Waals surface area contributed by atoms with Crippen molar-refractivity contribution < 1.29 is 0 Å². The van der Waals surface area contributed by atoms with Crippen molar-refractivity contribution in [3.8, 4) is 0 Å². The highest BCUT2D eigenvalue weighted by atomic mass is 35.5. The van der Waals surface area contributed by atoms with Crippen LogP contribution in [0.1, 0.15) is 25.6 Å². The van der Waals surface area contributed by atoms with Gasteiger partial charge < -0.3 is 10.6 Å². The molecule has 1 heterocycles. The van der Waals surface area contributed by atoms with Crippen LogP contribution in [-0.2, 0) is 6.42 Å². The predicted octanol–water partition coefficient (Wildman–Crippen LogP) is 2.92. The highest BCUT2D eigenvalue weighted by molar-refractivity contribution is 7.16. The molecule has 92 valence electrons. The quantitative estimate of drug-likeness (QED) is 0.769. The average Bonchev–Trinajstić information content (AvgIpc) is 2.56. The monoisotopic (exact) mass is 260 g/mol. The van der Waals surface area contributed by atoms with Crippen LogP contribution in [-0.4, -0.2) is 25.2 Å². The van der Waals surface area contributed by atoms with Gasteiger partial charge in [0.25, 0.3) is 0 Å². The molecular weight excluding hydrogens is 240 g/mol. The van der Waals surface area contributed by atoms with Gasteiger partial charge in [-0.3, -0.25) is 0 Å². The Hall–Kier alpha value is -0.0900. The van der Waals surface area contributed by atoms with Crippen molar-refractivity contribution >= 4 is 22.9 Å². The van der Waals surface area contributed by atoms with Gasteiger partial charge in [0.15, 0.2) is 0 Å². The lowest BCUT2D eigenvalue weighted by atomic mass is 10.1. The SMILES string of the molecule is CC(C)(C)NCCNCCc1ccc(Cl)s1. The van der Waals surface area contributed by atoms with Crippen LogP contribution in [0.5, 0.6) is 0 Å². The van der Waals surface area contributed by atoms with E-state index in [0.29, 0.717) is 0 Å². The molecule has 16 heavy (non-hydrogen) atoms. The Morgan fingerprint density at radius 3 is 2.50 bits per heavy atom. The Balaban J connectivity index is 2.00. The number of hydrogen-bond acceptors (Lipinski definition) is 3. The fourth-order valence-corrected chi connectivity index (χ4v) is 2.44. The molecule has 0 spiro atoms. The zero-order valence-corrected chi connectivity index (χ0v) is 11.8. The summed E-state index contributed by atoms with van der Waals surface area (Å²) in [5.41, 5.74) is 0.211. The van der Waals surface area contributed by atoms with Gasteiger partial charge in [-0.25, -0.2) is 0 Å². The standard InChI is InChI=1S/C12H21ClN2S/c1-12(2,3)15-9-8-14-7-6-10-4-5-11(13)16-10/h4-5,14-15H,6-9H2,1-3H3. The molecule has 0 unspecified atom stereocenters. The number of rotatable bonds is 6. The largest absolute Gasteiger partial charge is 0.315 e. The van der Waals surface area contributed by atoms with Gasteiger partial charge in [0.2, 0.25) is 0 Å². The molecule has 0 aliphatic carbocycles. The van der Waals surface area contributed by atoms with Gasteiger partial charge in [-0.2, -0.15) is 0 Å². The molecule has 1 aromatic rings. The van der Waals surface area contributed by atoms with Gasteiger partial charge in [0.1, 0.15) is 0 Å². The summed E-state index contributed by atoms with van der Waals surface area (Å²) in [6.07, 6.45) is 1.06. The van der Waals surface area contributed by atoms with Crippen molar-refractivity contribution in [1.82, 2.24) is 10.6 Å². The van der Waals surface area contributed by atoms with Crippen molar-refractivity contribution in [2.45, 2.75) is 32.7 Å². The first kappa shape index (κ1) is 14.0. The fourth-order valence-electron chi connectivity index (χ4n) is 1.35. The summed E-state index contributed by atoms with van der Waals surface area (Å²) in [5.74, 6) is 0. The van der Waals surface area contributed by atoms with E-state index in [2.05, 4.69) is 37.5 Å². The van der Waals surface area contributed by atoms with Crippen LogP contribution < -0.4 is 10.6 Å². The number of nitrogens with one attached hydrogen (secondary N) is 2. The number of hydrogen-bond donors (Lipinski definition) is 2. The van der Waals surface area contributed by atoms with Crippen molar-refractivity contribution in [3.63, 3.8) is 0 Å². The summed E-state index contributed by atoms with van der Waals surface area (Å²) >= 11 is 7.53. The van der Waals surface area contributed by atoms with E-state index < -0.39 is 0 Å². The molecule has 0 saturated carbocycles. The van der Waals surface area contributed by atoms with E-state index in [1.165, 1.54) is 4.88 Å². The van der Waals surface area contributed by atoms with Crippen LogP contribution in [0.3, 0.4) is 0 Å². The van der Waals surface area contributed by atoms with Crippen LogP contribution in [0.4, 0.5) is 0 Å². The smallest absolute Gasteiger partial charge is 0.0931 e. The molecule has 4 heteroatoms. The molecule has 0 amide bonds. The molecule has 1 rings (SSSR count). The Morgan fingerprint density at radius 2 is 1.94 bits per heavy atom. The molecule has 0 aromatic carbocycles. The molecule has 0 saturated heterocycles. The van der Waals surface area contributed by atoms with Crippen LogP contribution in [0.25, 0.3) is 0 Å². The van der Waals surface area contributed by atoms with E-state index in [4.69, 9.17) is 11.6 Å². The maximum atomic E-state index is 5.86. The summed E-state index contributed by atoms with van der Waals surface area (Å²) in [7, 11) is 0. The summed E-state index contributed by atoms with van der Waals surface area (Å²) in [6, 6.07) is 4.06. The van der Waals surface area contributed by atoms with Gasteiger partial charge in [-0.05, 0) is 39.3 Å². The van der Waals surface area contributed by atoms with Crippen molar-refractivity contribution in [2.75, 3.05) is 19.6 Å². The van der Waals surface area contributed by atoms with Gasteiger partial charge in [0.05, 0.1) is 4.34 Å². The molecule has 0 radical (unpaired) electrons. The number of thiophene rings is 1. The zero-order chi connectivity index (χ0) is 12.0. The van der Waals surface area contributed by atoms with Crippen molar-refractivity contribution in [1.29, 1.82) is 0 Å². The summed E-state index contributed by atoms with van der Waals surface area (Å²) < 4.78 is 0.879. The minimum absolute atomic E-state index is 0.211. The third-order valence-corrected chi connectivity index (χ3v) is 3.43. The van der Waals surface area contributed by atoms with Gasteiger partial charge in [-0.15, -0.1) is 11.3 Å². The molecule has 0 aliphatic heterocycles. The summed E-state index contributed by atoms with van der Waals surface area (Å²) in [6.45, 7) is 9.58. The minimum atomic E-state index is 0.211. The molecule has 1 aromatic heterocycles. The second-order valence-corrected chi connectivity index (χ2v) is 6.68. The second kappa shape index (κ2) is 6.60. The Kier molecular flexibility index (Phi) is 5.76. The van der Waals surface area contributed by atoms with E-state index in [1.807, 2.05) is 6.07 Å². The van der Waals surface area contributed by atoms with Crippen LogP contribution >= 0.6 is 22.9 Å². The van der Waals surface area contributed by atoms with E-state index in [0.717, 1.165) is 30.4 Å². The third-order valence-electron chi connectivity index (χ3n) is 2.13. The molecule has 0 bridgehead atoms. The molecular formula is C12H21ClN2S. The Morgan fingerprint density at radius 1 is 1.19 bits per heavy atom. The van der Waals surface area contributed by atoms with Gasteiger partial charge >= 0.3 is 0 Å². The summed E-state index contributed by atoms with van der Waals surface area (Å²) in [5, 5.41) is 6.86. The average molecular weight is 261 g/mol. The Labute approximate surface area is 107 Å². The van der Waals surface area contributed by atoms with E-state index in [-0.39, 0.29) is 5.54 Å². The lowest BCUT2D eigenvalue weighted by Crippen LogP contribution is -2.40. The first-order chi connectivity index (χ1) is 7.47. The van der Waals surface area contributed by atoms with Crippen LogP contribution in [0.2, 0.25) is 4.34 Å². The summed E-state index contributed by atoms with van der Waals surface area (Å²) in [4.78, 5) is 1.35. The van der Waals surface area contributed by atoms with Crippen LogP contribution in [0.15, 0.2) is 12.1 Å². The lowest BCUT2D eigenvalue weighted by Gasteiger charge is -2.20. The van der Waals surface area contributed by atoms with E-state index >= 15 is 0 Å². The highest BCUT2D eigenvalue weighted by Gasteiger charge is 2.06. The molecule has 2 nitrogen and oxygen atoms in total. The predicted molar refractivity (Wildman–Crippen MR) is 73.7 cm³/mol.